The fourth-order valence-electron chi connectivity index (χ4n) is 3.10. The van der Waals surface area contributed by atoms with Gasteiger partial charge in [0.1, 0.15) is 17.4 Å². The maximum atomic E-state index is 12.7. The molecule has 2 atom stereocenters. The number of nitrogens with zero attached hydrogens (tertiary/aromatic N) is 1. The van der Waals surface area contributed by atoms with Crippen molar-refractivity contribution in [2.45, 2.75) is 36.3 Å². The Morgan fingerprint density at radius 2 is 1.93 bits per heavy atom. The predicted molar refractivity (Wildman–Crippen MR) is 96.0 cm³/mol. The number of amides is 2. The number of nitrogens with one attached hydrogen (secondary N) is 1. The first-order chi connectivity index (χ1) is 12.8. The summed E-state index contributed by atoms with van der Waals surface area (Å²) in [5.41, 5.74) is 4.91. The number of ether oxygens (including phenoxy) is 2. The van der Waals surface area contributed by atoms with Gasteiger partial charge in [-0.05, 0) is 18.4 Å². The maximum absolute atomic E-state index is 12.7. The van der Waals surface area contributed by atoms with Crippen LogP contribution in [0.15, 0.2) is 30.3 Å². The normalized spacial score (nSPS) is 23.8. The van der Waals surface area contributed by atoms with Crippen molar-refractivity contribution in [3.8, 4) is 0 Å². The standard InChI is InChI=1S/C17H23N3O6S/c1-25-13-9-20(16(22)26-11-12-5-3-2-4-6-12)10-14(13)27(23,24)19-17(7-8-17)15(18)21/h2-6,13-14,19H,7-11H2,1H3,(H2,18,21). The van der Waals surface area contributed by atoms with Gasteiger partial charge in [-0.1, -0.05) is 30.3 Å². The number of rotatable bonds is 7. The van der Waals surface area contributed by atoms with Crippen LogP contribution in [0.25, 0.3) is 0 Å². The first-order valence-electron chi connectivity index (χ1n) is 8.58. The van der Waals surface area contributed by atoms with Crippen LogP contribution in [0.3, 0.4) is 0 Å². The molecule has 2 aliphatic rings. The Hall–Kier alpha value is -2.17. The molecule has 27 heavy (non-hydrogen) atoms. The Balaban J connectivity index is 1.64. The van der Waals surface area contributed by atoms with Gasteiger partial charge in [0.2, 0.25) is 15.9 Å². The van der Waals surface area contributed by atoms with Gasteiger partial charge >= 0.3 is 6.09 Å². The first-order valence-corrected chi connectivity index (χ1v) is 10.1. The fraction of sp³-hybridized carbons (Fsp3) is 0.529. The molecule has 2 fully saturated rings. The van der Waals surface area contributed by atoms with Gasteiger partial charge in [0.25, 0.3) is 0 Å². The molecule has 1 saturated carbocycles. The molecule has 1 aromatic rings. The number of primary amides is 1. The highest BCUT2D eigenvalue weighted by atomic mass is 32.2. The third-order valence-corrected chi connectivity index (χ3v) is 6.86. The number of sulfonamides is 1. The SMILES string of the molecule is COC1CN(C(=O)OCc2ccccc2)CC1S(=O)(=O)NC1(C(N)=O)CC1. The lowest BCUT2D eigenvalue weighted by Gasteiger charge is -2.21. The average molecular weight is 397 g/mol. The molecule has 0 radical (unpaired) electrons. The zero-order valence-electron chi connectivity index (χ0n) is 15.0. The Morgan fingerprint density at radius 3 is 2.48 bits per heavy atom. The lowest BCUT2D eigenvalue weighted by Crippen LogP contribution is -2.52. The van der Waals surface area contributed by atoms with E-state index in [9.17, 15) is 18.0 Å². The summed E-state index contributed by atoms with van der Waals surface area (Å²) < 4.78 is 38.4. The lowest BCUT2D eigenvalue weighted by atomic mass is 10.2. The summed E-state index contributed by atoms with van der Waals surface area (Å²) in [5, 5.41) is -1.01. The van der Waals surface area contributed by atoms with Gasteiger partial charge in [-0.15, -0.1) is 0 Å². The van der Waals surface area contributed by atoms with E-state index in [1.165, 1.54) is 12.0 Å². The van der Waals surface area contributed by atoms with Gasteiger partial charge in [-0.2, -0.15) is 4.72 Å². The molecule has 1 aliphatic heterocycles. The minimum absolute atomic E-state index is 0.0826. The number of hydrogen-bond acceptors (Lipinski definition) is 6. The summed E-state index contributed by atoms with van der Waals surface area (Å²) in [7, 11) is -2.54. The molecule has 3 N–H and O–H groups in total. The van der Waals surface area contributed by atoms with Crippen LogP contribution in [0.2, 0.25) is 0 Å². The van der Waals surface area contributed by atoms with Crippen LogP contribution < -0.4 is 10.5 Å². The van der Waals surface area contributed by atoms with E-state index in [-0.39, 0.29) is 19.7 Å². The van der Waals surface area contributed by atoms with Crippen molar-refractivity contribution in [3.05, 3.63) is 35.9 Å². The van der Waals surface area contributed by atoms with Crippen molar-refractivity contribution in [1.82, 2.24) is 9.62 Å². The summed E-state index contributed by atoms with van der Waals surface area (Å²) in [6.07, 6.45) is -0.603. The Kier molecular flexibility index (Phi) is 5.41. The highest BCUT2D eigenvalue weighted by molar-refractivity contribution is 7.90. The molecular weight excluding hydrogens is 374 g/mol. The minimum Gasteiger partial charge on any atom is -0.445 e. The molecule has 2 amide bonds. The monoisotopic (exact) mass is 397 g/mol. The fourth-order valence-corrected chi connectivity index (χ4v) is 5.07. The van der Waals surface area contributed by atoms with E-state index >= 15 is 0 Å². The van der Waals surface area contributed by atoms with Gasteiger partial charge in [-0.25, -0.2) is 13.2 Å². The molecule has 148 valence electrons. The van der Waals surface area contributed by atoms with E-state index < -0.39 is 38.9 Å². The lowest BCUT2D eigenvalue weighted by molar-refractivity contribution is -0.120. The third kappa shape index (κ3) is 4.23. The summed E-state index contributed by atoms with van der Waals surface area (Å²) in [6.45, 7) is 0.0872. The molecule has 0 spiro atoms. The van der Waals surface area contributed by atoms with Crippen molar-refractivity contribution in [2.75, 3.05) is 20.2 Å². The molecule has 0 aromatic heterocycles. The molecule has 2 unspecified atom stereocenters. The summed E-state index contributed by atoms with van der Waals surface area (Å²) in [5.74, 6) is -0.697. The molecule has 3 rings (SSSR count). The van der Waals surface area contributed by atoms with Crippen LogP contribution in [0, 0.1) is 0 Å². The van der Waals surface area contributed by atoms with Gasteiger partial charge < -0.3 is 20.1 Å². The number of benzene rings is 1. The van der Waals surface area contributed by atoms with E-state index in [0.717, 1.165) is 5.56 Å². The number of carbonyl (C=O) groups is 2. The topological polar surface area (TPSA) is 128 Å². The van der Waals surface area contributed by atoms with Crippen molar-refractivity contribution >= 4 is 22.0 Å². The first kappa shape index (κ1) is 19.6. The van der Waals surface area contributed by atoms with Crippen LogP contribution >= 0.6 is 0 Å². The molecular formula is C17H23N3O6S. The van der Waals surface area contributed by atoms with Gasteiger partial charge in [0.05, 0.1) is 12.6 Å². The minimum atomic E-state index is -3.92. The summed E-state index contributed by atoms with van der Waals surface area (Å²) in [6, 6.07) is 9.17. The second-order valence-corrected chi connectivity index (χ2v) is 8.75. The molecule has 1 saturated heterocycles. The second-order valence-electron chi connectivity index (χ2n) is 6.85. The average Bonchev–Trinajstić information content (AvgIpc) is 3.28. The number of nitrogens with two attached hydrogens (primary N) is 1. The van der Waals surface area contributed by atoms with Crippen LogP contribution in [-0.2, 0) is 30.9 Å². The number of likely N-dealkylation sites (tertiary alicyclic amines) is 1. The van der Waals surface area contributed by atoms with E-state index in [2.05, 4.69) is 4.72 Å². The molecule has 1 aliphatic carbocycles. The maximum Gasteiger partial charge on any atom is 0.410 e. The van der Waals surface area contributed by atoms with E-state index in [1.807, 2.05) is 30.3 Å². The quantitative estimate of drug-likeness (QED) is 0.664. The van der Waals surface area contributed by atoms with Crippen LogP contribution in [-0.4, -0.2) is 62.4 Å². The molecule has 10 heteroatoms. The zero-order chi connectivity index (χ0) is 19.7. The molecule has 1 heterocycles. The van der Waals surface area contributed by atoms with Crippen LogP contribution in [0.1, 0.15) is 18.4 Å². The number of hydrogen-bond donors (Lipinski definition) is 2. The Labute approximate surface area is 157 Å². The van der Waals surface area contributed by atoms with Crippen LogP contribution in [0.5, 0.6) is 0 Å². The van der Waals surface area contributed by atoms with Gasteiger partial charge in [0, 0.05) is 13.7 Å². The van der Waals surface area contributed by atoms with Crippen LogP contribution in [0.4, 0.5) is 4.79 Å². The number of methoxy groups -OCH3 is 1. The van der Waals surface area contributed by atoms with E-state index in [4.69, 9.17) is 15.2 Å². The van der Waals surface area contributed by atoms with Crippen molar-refractivity contribution < 1.29 is 27.5 Å². The molecule has 0 bridgehead atoms. The van der Waals surface area contributed by atoms with E-state index in [0.29, 0.717) is 12.8 Å². The van der Waals surface area contributed by atoms with Gasteiger partial charge in [0.15, 0.2) is 0 Å². The van der Waals surface area contributed by atoms with Gasteiger partial charge in [-0.3, -0.25) is 4.79 Å². The second kappa shape index (κ2) is 7.45. The number of carbonyl (C=O) groups excluding carboxylic acids is 2. The highest BCUT2D eigenvalue weighted by Gasteiger charge is 2.54. The van der Waals surface area contributed by atoms with E-state index in [1.54, 1.807) is 0 Å². The summed E-state index contributed by atoms with van der Waals surface area (Å²) >= 11 is 0. The third-order valence-electron chi connectivity index (χ3n) is 4.94. The highest BCUT2D eigenvalue weighted by Crippen LogP contribution is 2.36. The molecule has 9 nitrogen and oxygen atoms in total. The zero-order valence-corrected chi connectivity index (χ0v) is 15.8. The van der Waals surface area contributed by atoms with Crippen molar-refractivity contribution in [3.63, 3.8) is 0 Å². The largest absolute Gasteiger partial charge is 0.445 e. The Morgan fingerprint density at radius 1 is 1.26 bits per heavy atom. The summed E-state index contributed by atoms with van der Waals surface area (Å²) in [4.78, 5) is 25.1. The Bertz CT molecular complexity index is 809. The smallest absolute Gasteiger partial charge is 0.410 e. The predicted octanol–water partition coefficient (Wildman–Crippen LogP) is -0.0403. The molecule has 1 aromatic carbocycles. The van der Waals surface area contributed by atoms with Crippen molar-refractivity contribution in [2.24, 2.45) is 5.73 Å². The van der Waals surface area contributed by atoms with Crippen molar-refractivity contribution in [1.29, 1.82) is 0 Å².